The van der Waals surface area contributed by atoms with Gasteiger partial charge in [-0.05, 0) is 61.3 Å². The minimum absolute atomic E-state index is 0.0444. The van der Waals surface area contributed by atoms with Gasteiger partial charge in [0.15, 0.2) is 11.9 Å². The summed E-state index contributed by atoms with van der Waals surface area (Å²) in [6.45, 7) is 10.8. The molecule has 13 atom stereocenters. The van der Waals surface area contributed by atoms with E-state index in [0.29, 0.717) is 42.9 Å². The van der Waals surface area contributed by atoms with Crippen LogP contribution < -0.4 is 21.1 Å². The standard InChI is InChI=1S/C62H85N7O16S/c1-9-36(4)44(60(80)67(7)46(35(2)3)30-52(84-38(6)70)59-66-45(34-86-59)57(78)65-42(25-37(5)61(81)82)27-39-15-11-10-12-16-39)29-49(72)48-17-13-14-24-69(48,8)32-40-18-19-51(85-62-56(77)55(76)50(73)33-83-62)41(26-40)28-43(71)22-23-64-58(79)47(31-63)68-53(74)20-21-54(68)75/h10-12,15-16,18-21,26,34-37,42,44,46-48,50,52,55-56,62,73,76-77H,9,13-14,17,22-25,27-33,63H2,1-8H3,(H2-,64,65,78,79,81,82)/p+1/t36-,37-,42+,44-,46+,47-,48+,50?,52+,55-,56-,62?,69?/m0/s1. The number of aromatic nitrogens is 1. The lowest BCUT2D eigenvalue weighted by Crippen LogP contribution is -2.58. The molecular weight excluding hydrogens is 1130 g/mol. The molecule has 2 saturated heterocycles. The van der Waals surface area contributed by atoms with Crippen LogP contribution in [0.5, 0.6) is 5.75 Å². The van der Waals surface area contributed by atoms with Crippen molar-refractivity contribution in [2.24, 2.45) is 29.4 Å². The summed E-state index contributed by atoms with van der Waals surface area (Å²) in [6, 6.07) is 11.7. The number of likely N-dealkylation sites (N-methyl/N-ethyl adjacent to an activating group) is 1. The van der Waals surface area contributed by atoms with E-state index in [2.05, 4.69) is 15.6 Å². The van der Waals surface area contributed by atoms with Gasteiger partial charge < -0.3 is 60.4 Å². The second kappa shape index (κ2) is 31.2. The number of nitrogens with two attached hydrogens (primary N) is 1. The highest BCUT2D eigenvalue weighted by atomic mass is 32.1. The number of carboxylic acids is 1. The van der Waals surface area contributed by atoms with Crippen LogP contribution in [0.15, 0.2) is 66.1 Å². The highest BCUT2D eigenvalue weighted by molar-refractivity contribution is 7.09. The molecule has 8 N–H and O–H groups in total. The predicted octanol–water partition coefficient (Wildman–Crippen LogP) is 3.58. The lowest BCUT2D eigenvalue weighted by molar-refractivity contribution is -0.941. The number of benzene rings is 2. The molecule has 24 heteroatoms. The molecule has 3 unspecified atom stereocenters. The number of carboxylic acid groups (broad SMARTS) is 1. The molecule has 470 valence electrons. The number of nitrogens with one attached hydrogen (secondary N) is 2. The Labute approximate surface area is 506 Å². The summed E-state index contributed by atoms with van der Waals surface area (Å²) in [7, 11) is 3.69. The summed E-state index contributed by atoms with van der Waals surface area (Å²) in [4.78, 5) is 127. The third-order valence-electron chi connectivity index (χ3n) is 16.9. The number of hydrogen-bond acceptors (Lipinski definition) is 18. The van der Waals surface area contributed by atoms with Crippen LogP contribution in [-0.4, -0.2) is 182 Å². The number of Topliss-reactive ketones (excluding diaryl/α,β-unsaturated/α-hetero) is 2. The first-order chi connectivity index (χ1) is 40.7. The van der Waals surface area contributed by atoms with Crippen LogP contribution in [0.4, 0.5) is 0 Å². The van der Waals surface area contributed by atoms with Crippen LogP contribution in [0, 0.1) is 23.7 Å². The maximum Gasteiger partial charge on any atom is 0.306 e. The number of thiazole rings is 1. The molecule has 0 spiro atoms. The SMILES string of the molecule is CC[C@H](C)[C@H](CC(=O)[C@H]1CCCC[N+]1(C)Cc1ccc(OC2OCC(O)[C@H](O)[C@@H]2O)c(CC(=O)CCNC(=O)[C@H](CN)N2C(=O)C=CC2=O)c1)C(=O)N(C)[C@H](C[C@@H](OC(C)=O)c1nc(C(=O)N[C@@H](Cc2ccccc2)C[C@H](C)C(=O)O)cs1)C(C)C. The van der Waals surface area contributed by atoms with Gasteiger partial charge in [0.05, 0.1) is 26.1 Å². The zero-order valence-electron chi connectivity index (χ0n) is 50.4. The van der Waals surface area contributed by atoms with Gasteiger partial charge >= 0.3 is 11.9 Å². The molecular formula is C62H86N7O16S+. The summed E-state index contributed by atoms with van der Waals surface area (Å²) >= 11 is 1.13. The topological polar surface area (TPSA) is 332 Å². The molecule has 0 radical (unpaired) electrons. The number of hydrogen-bond donors (Lipinski definition) is 7. The summed E-state index contributed by atoms with van der Waals surface area (Å²) < 4.78 is 17.8. The van der Waals surface area contributed by atoms with Gasteiger partial charge in [-0.25, -0.2) is 4.98 Å². The number of rotatable bonds is 31. The molecule has 6 rings (SSSR count). The molecule has 2 aromatic carbocycles. The van der Waals surface area contributed by atoms with E-state index in [4.69, 9.17) is 19.9 Å². The van der Waals surface area contributed by atoms with Crippen LogP contribution >= 0.6 is 11.3 Å². The number of carbonyl (C=O) groups is 9. The molecule has 1 aromatic heterocycles. The molecule has 4 heterocycles. The normalized spacial score (nSPS) is 22.9. The van der Waals surface area contributed by atoms with E-state index in [9.17, 15) is 54.0 Å². The van der Waals surface area contributed by atoms with Crippen molar-refractivity contribution < 1.29 is 82.3 Å². The molecule has 3 aliphatic rings. The molecule has 3 aliphatic heterocycles. The van der Waals surface area contributed by atoms with Crippen LogP contribution in [-0.2, 0) is 67.2 Å². The number of amides is 5. The number of piperidine rings is 1. The van der Waals surface area contributed by atoms with Gasteiger partial charge in [0.25, 0.3) is 17.7 Å². The van der Waals surface area contributed by atoms with Gasteiger partial charge in [0.2, 0.25) is 18.1 Å². The van der Waals surface area contributed by atoms with Crippen molar-refractivity contribution in [3.8, 4) is 5.75 Å². The predicted molar refractivity (Wildman–Crippen MR) is 315 cm³/mol. The van der Waals surface area contributed by atoms with Crippen molar-refractivity contribution in [3.63, 3.8) is 0 Å². The van der Waals surface area contributed by atoms with Crippen LogP contribution in [0.3, 0.4) is 0 Å². The number of carbonyl (C=O) groups excluding carboxylic acids is 8. The van der Waals surface area contributed by atoms with Crippen molar-refractivity contribution in [1.29, 1.82) is 0 Å². The molecule has 0 saturated carbocycles. The maximum atomic E-state index is 15.0. The number of nitrogens with zero attached hydrogens (tertiary/aromatic N) is 4. The lowest BCUT2D eigenvalue weighted by atomic mass is 9.82. The zero-order valence-corrected chi connectivity index (χ0v) is 51.2. The monoisotopic (exact) mass is 1220 g/mol. The smallest absolute Gasteiger partial charge is 0.306 e. The number of ketones is 2. The molecule has 86 heavy (non-hydrogen) atoms. The second-order valence-electron chi connectivity index (χ2n) is 23.7. The number of aliphatic carboxylic acids is 1. The van der Waals surface area contributed by atoms with Crippen LogP contribution in [0.1, 0.15) is 131 Å². The van der Waals surface area contributed by atoms with E-state index >= 15 is 9.59 Å². The number of quaternary nitrogens is 1. The van der Waals surface area contributed by atoms with Crippen molar-refractivity contribution in [1.82, 2.24) is 25.4 Å². The van der Waals surface area contributed by atoms with Crippen molar-refractivity contribution in [2.45, 2.75) is 167 Å². The third-order valence-corrected chi connectivity index (χ3v) is 17.8. The fraction of sp³-hybridized carbons (Fsp3) is 0.581. The first-order valence-electron chi connectivity index (χ1n) is 29.6. The Balaban J connectivity index is 1.18. The van der Waals surface area contributed by atoms with Gasteiger partial charge in [-0.2, -0.15) is 0 Å². The fourth-order valence-corrected chi connectivity index (χ4v) is 12.5. The molecule has 0 aliphatic carbocycles. The largest absolute Gasteiger partial charge is 0.481 e. The van der Waals surface area contributed by atoms with Crippen LogP contribution in [0.25, 0.3) is 0 Å². The molecule has 3 aromatic rings. The molecule has 23 nitrogen and oxygen atoms in total. The highest BCUT2D eigenvalue weighted by Gasteiger charge is 2.45. The summed E-state index contributed by atoms with van der Waals surface area (Å²) in [5.74, 6) is -6.55. The average Bonchev–Trinajstić information content (AvgIpc) is 3.28. The van der Waals surface area contributed by atoms with E-state index in [1.165, 1.54) is 6.92 Å². The summed E-state index contributed by atoms with van der Waals surface area (Å²) in [6.07, 6.45) is -1.88. The van der Waals surface area contributed by atoms with Crippen molar-refractivity contribution >= 4 is 64.4 Å². The number of imide groups is 1. The van der Waals surface area contributed by atoms with E-state index in [1.807, 2.05) is 65.1 Å². The highest BCUT2D eigenvalue weighted by Crippen LogP contribution is 2.36. The first kappa shape index (κ1) is 68.3. The minimum atomic E-state index is -1.64. The van der Waals surface area contributed by atoms with E-state index < -0.39 is 102 Å². The third kappa shape index (κ3) is 17.9. The molecule has 5 amide bonds. The summed E-state index contributed by atoms with van der Waals surface area (Å²) in [5, 5.41) is 48.5. The Morgan fingerprint density at radius 3 is 2.29 bits per heavy atom. The lowest BCUT2D eigenvalue weighted by Gasteiger charge is -2.45. The Bertz CT molecular complexity index is 2900. The van der Waals surface area contributed by atoms with Gasteiger partial charge in [-0.3, -0.25) is 48.1 Å². The Morgan fingerprint density at radius 2 is 1.65 bits per heavy atom. The van der Waals surface area contributed by atoms with E-state index in [0.717, 1.165) is 52.4 Å². The van der Waals surface area contributed by atoms with E-state index in [1.54, 1.807) is 42.5 Å². The van der Waals surface area contributed by atoms with E-state index in [-0.39, 0.29) is 97.0 Å². The number of aliphatic hydroxyl groups excluding tert-OH is 3. The second-order valence-corrected chi connectivity index (χ2v) is 24.6. The van der Waals surface area contributed by atoms with Crippen molar-refractivity contribution in [3.05, 3.63) is 93.5 Å². The Morgan fingerprint density at radius 1 is 0.953 bits per heavy atom. The number of likely N-dealkylation sites (tertiary alicyclic amines) is 1. The molecule has 2 fully saturated rings. The van der Waals surface area contributed by atoms with Crippen LogP contribution in [0.2, 0.25) is 0 Å². The first-order valence-corrected chi connectivity index (χ1v) is 30.5. The van der Waals surface area contributed by atoms with Gasteiger partial charge in [0.1, 0.15) is 59.2 Å². The maximum absolute atomic E-state index is 15.0. The van der Waals surface area contributed by atoms with Gasteiger partial charge in [-0.15, -0.1) is 11.3 Å². The molecule has 0 bridgehead atoms. The summed E-state index contributed by atoms with van der Waals surface area (Å²) in [5.41, 5.74) is 7.86. The zero-order chi connectivity index (χ0) is 63.2. The fourth-order valence-electron chi connectivity index (χ4n) is 11.7. The number of aliphatic hydroxyl groups is 3. The average molecular weight is 1220 g/mol. The van der Waals surface area contributed by atoms with Crippen molar-refractivity contribution in [2.75, 3.05) is 40.3 Å². The quantitative estimate of drug-likeness (QED) is 0.0275. The minimum Gasteiger partial charge on any atom is -0.481 e. The Hall–Kier alpha value is -6.80. The van der Waals surface area contributed by atoms with Gasteiger partial charge in [-0.1, -0.05) is 71.4 Å². The Kier molecular flexibility index (Phi) is 24.8. The number of esters is 1. The number of ether oxygens (including phenoxy) is 3. The van der Waals surface area contributed by atoms with Gasteiger partial charge in [0, 0.05) is 106 Å².